The molecule has 0 fully saturated rings. The first-order valence-electron chi connectivity index (χ1n) is 8.80. The molecule has 0 saturated carbocycles. The minimum Gasteiger partial charge on any atom is -0.496 e. The zero-order chi connectivity index (χ0) is 20.7. The van der Waals surface area contributed by atoms with E-state index in [1.807, 2.05) is 6.07 Å². The second kappa shape index (κ2) is 9.12. The molecular formula is C21H25NO6. The minimum atomic E-state index is -1.24. The van der Waals surface area contributed by atoms with Crippen molar-refractivity contribution in [2.45, 2.75) is 18.8 Å². The van der Waals surface area contributed by atoms with Crippen molar-refractivity contribution in [3.8, 4) is 17.2 Å². The Bertz CT molecular complexity index is 836. The molecule has 0 aliphatic carbocycles. The lowest BCUT2D eigenvalue weighted by Gasteiger charge is -2.29. The lowest BCUT2D eigenvalue weighted by molar-refractivity contribution is -0.143. The van der Waals surface area contributed by atoms with Gasteiger partial charge in [-0.05, 0) is 12.0 Å². The van der Waals surface area contributed by atoms with E-state index in [0.29, 0.717) is 29.2 Å². The SMILES string of the molecule is CCC(CNC(=O)c1cc(OC)c(OC)cc1OC)(C(=O)O)c1ccccc1. The van der Waals surface area contributed by atoms with Gasteiger partial charge in [0.25, 0.3) is 5.91 Å². The molecule has 0 heterocycles. The normalized spacial score (nSPS) is 12.6. The van der Waals surface area contributed by atoms with Crippen LogP contribution in [0, 0.1) is 0 Å². The number of ether oxygens (including phenoxy) is 3. The van der Waals surface area contributed by atoms with Gasteiger partial charge in [0, 0.05) is 18.7 Å². The molecule has 2 N–H and O–H groups in total. The van der Waals surface area contributed by atoms with Crippen LogP contribution in [-0.4, -0.2) is 44.9 Å². The summed E-state index contributed by atoms with van der Waals surface area (Å²) in [4.78, 5) is 24.9. The third-order valence-corrected chi connectivity index (χ3v) is 4.84. The summed E-state index contributed by atoms with van der Waals surface area (Å²) in [6.45, 7) is 1.71. The number of carboxylic acid groups (broad SMARTS) is 1. The molecule has 0 saturated heterocycles. The number of hydrogen-bond donors (Lipinski definition) is 2. The average Bonchev–Trinajstić information content (AvgIpc) is 2.73. The fraction of sp³-hybridized carbons (Fsp3) is 0.333. The van der Waals surface area contributed by atoms with Crippen LogP contribution in [0.4, 0.5) is 0 Å². The van der Waals surface area contributed by atoms with Gasteiger partial charge in [0.15, 0.2) is 11.5 Å². The number of methoxy groups -OCH3 is 3. The molecule has 0 aromatic heterocycles. The van der Waals surface area contributed by atoms with E-state index in [1.54, 1.807) is 37.3 Å². The van der Waals surface area contributed by atoms with Gasteiger partial charge in [-0.1, -0.05) is 37.3 Å². The van der Waals surface area contributed by atoms with Crippen LogP contribution in [-0.2, 0) is 10.2 Å². The maximum absolute atomic E-state index is 12.8. The molecule has 0 aliphatic heterocycles. The number of aliphatic carboxylic acids is 1. The first-order chi connectivity index (χ1) is 13.4. The van der Waals surface area contributed by atoms with Crippen LogP contribution in [0.15, 0.2) is 42.5 Å². The molecule has 1 amide bonds. The molecule has 2 aromatic carbocycles. The lowest BCUT2D eigenvalue weighted by Crippen LogP contribution is -2.46. The van der Waals surface area contributed by atoms with E-state index in [1.165, 1.54) is 27.4 Å². The Labute approximate surface area is 164 Å². The van der Waals surface area contributed by atoms with Gasteiger partial charge in [0.2, 0.25) is 0 Å². The Balaban J connectivity index is 2.34. The summed E-state index contributed by atoms with van der Waals surface area (Å²) >= 11 is 0. The second-order valence-electron chi connectivity index (χ2n) is 6.20. The first kappa shape index (κ1) is 21.1. The van der Waals surface area contributed by atoms with Crippen molar-refractivity contribution in [2.75, 3.05) is 27.9 Å². The van der Waals surface area contributed by atoms with Crippen LogP contribution < -0.4 is 19.5 Å². The molecule has 150 valence electrons. The van der Waals surface area contributed by atoms with Crippen LogP contribution in [0.5, 0.6) is 17.2 Å². The van der Waals surface area contributed by atoms with Gasteiger partial charge in [0.05, 0.1) is 26.9 Å². The summed E-state index contributed by atoms with van der Waals surface area (Å²) < 4.78 is 15.8. The van der Waals surface area contributed by atoms with Crippen molar-refractivity contribution in [1.82, 2.24) is 5.32 Å². The van der Waals surface area contributed by atoms with E-state index in [-0.39, 0.29) is 12.1 Å². The molecule has 7 nitrogen and oxygen atoms in total. The summed E-state index contributed by atoms with van der Waals surface area (Å²) in [7, 11) is 4.39. The quantitative estimate of drug-likeness (QED) is 0.687. The zero-order valence-electron chi connectivity index (χ0n) is 16.4. The molecule has 0 bridgehead atoms. The Hall–Kier alpha value is -3.22. The average molecular weight is 387 g/mol. The van der Waals surface area contributed by atoms with Gasteiger partial charge in [-0.3, -0.25) is 9.59 Å². The molecule has 2 rings (SSSR count). The van der Waals surface area contributed by atoms with Gasteiger partial charge in [-0.15, -0.1) is 0 Å². The fourth-order valence-electron chi connectivity index (χ4n) is 3.07. The standard InChI is InChI=1S/C21H25NO6/c1-5-21(20(24)25,14-9-7-6-8-10-14)13-22-19(23)15-11-17(27-3)18(28-4)12-16(15)26-2/h6-12H,5,13H2,1-4H3,(H,22,23)(H,24,25). The van der Waals surface area contributed by atoms with Crippen LogP contribution in [0.1, 0.15) is 29.3 Å². The topological polar surface area (TPSA) is 94.1 Å². The van der Waals surface area contributed by atoms with Crippen molar-refractivity contribution >= 4 is 11.9 Å². The van der Waals surface area contributed by atoms with Crippen molar-refractivity contribution in [2.24, 2.45) is 0 Å². The number of rotatable bonds is 9. The van der Waals surface area contributed by atoms with E-state index in [4.69, 9.17) is 14.2 Å². The highest BCUT2D eigenvalue weighted by molar-refractivity contribution is 5.98. The van der Waals surface area contributed by atoms with Crippen LogP contribution >= 0.6 is 0 Å². The monoisotopic (exact) mass is 387 g/mol. The molecule has 1 unspecified atom stereocenters. The highest BCUT2D eigenvalue weighted by Crippen LogP contribution is 2.35. The van der Waals surface area contributed by atoms with Crippen molar-refractivity contribution in [3.63, 3.8) is 0 Å². The molecule has 0 radical (unpaired) electrons. The summed E-state index contributed by atoms with van der Waals surface area (Å²) in [5.41, 5.74) is -0.381. The number of nitrogens with one attached hydrogen (secondary N) is 1. The highest BCUT2D eigenvalue weighted by Gasteiger charge is 2.39. The van der Waals surface area contributed by atoms with Gasteiger partial charge in [-0.25, -0.2) is 0 Å². The maximum atomic E-state index is 12.8. The smallest absolute Gasteiger partial charge is 0.315 e. The Morgan fingerprint density at radius 3 is 2.04 bits per heavy atom. The van der Waals surface area contributed by atoms with Gasteiger partial charge >= 0.3 is 5.97 Å². The highest BCUT2D eigenvalue weighted by atomic mass is 16.5. The number of benzene rings is 2. The zero-order valence-corrected chi connectivity index (χ0v) is 16.4. The molecule has 0 spiro atoms. The summed E-state index contributed by atoms with van der Waals surface area (Å²) in [5.74, 6) is -0.369. The number of carbonyl (C=O) groups is 2. The minimum absolute atomic E-state index is 0.0703. The van der Waals surface area contributed by atoms with Gasteiger partial charge < -0.3 is 24.6 Å². The van der Waals surface area contributed by atoms with Gasteiger partial charge in [0.1, 0.15) is 11.2 Å². The van der Waals surface area contributed by atoms with Crippen molar-refractivity contribution < 1.29 is 28.9 Å². The molecule has 28 heavy (non-hydrogen) atoms. The van der Waals surface area contributed by atoms with E-state index in [0.717, 1.165) is 0 Å². The number of carboxylic acids is 1. The number of carbonyl (C=O) groups excluding carboxylic acids is 1. The lowest BCUT2D eigenvalue weighted by atomic mass is 9.78. The summed E-state index contributed by atoms with van der Waals surface area (Å²) in [5, 5.41) is 12.6. The summed E-state index contributed by atoms with van der Waals surface area (Å²) in [6.07, 6.45) is 0.315. The molecule has 7 heteroatoms. The van der Waals surface area contributed by atoms with Crippen LogP contribution in [0.2, 0.25) is 0 Å². The van der Waals surface area contributed by atoms with Crippen molar-refractivity contribution in [1.29, 1.82) is 0 Å². The fourth-order valence-corrected chi connectivity index (χ4v) is 3.07. The molecule has 1 atom stereocenters. The molecular weight excluding hydrogens is 362 g/mol. The third kappa shape index (κ3) is 4.03. The Morgan fingerprint density at radius 1 is 0.964 bits per heavy atom. The van der Waals surface area contributed by atoms with Crippen LogP contribution in [0.25, 0.3) is 0 Å². The summed E-state index contributed by atoms with van der Waals surface area (Å²) in [6, 6.07) is 11.9. The number of hydrogen-bond acceptors (Lipinski definition) is 5. The molecule has 0 aliphatic rings. The van der Waals surface area contributed by atoms with E-state index in [9.17, 15) is 14.7 Å². The predicted molar refractivity (Wildman–Crippen MR) is 104 cm³/mol. The Kier molecular flexibility index (Phi) is 6.87. The second-order valence-corrected chi connectivity index (χ2v) is 6.20. The van der Waals surface area contributed by atoms with E-state index < -0.39 is 17.3 Å². The van der Waals surface area contributed by atoms with Crippen molar-refractivity contribution in [3.05, 3.63) is 53.6 Å². The van der Waals surface area contributed by atoms with Crippen LogP contribution in [0.3, 0.4) is 0 Å². The largest absolute Gasteiger partial charge is 0.496 e. The molecule has 2 aromatic rings. The first-order valence-corrected chi connectivity index (χ1v) is 8.80. The number of amides is 1. The van der Waals surface area contributed by atoms with E-state index in [2.05, 4.69) is 5.32 Å². The van der Waals surface area contributed by atoms with Gasteiger partial charge in [-0.2, -0.15) is 0 Å². The third-order valence-electron chi connectivity index (χ3n) is 4.84. The Morgan fingerprint density at radius 2 is 1.54 bits per heavy atom. The maximum Gasteiger partial charge on any atom is 0.315 e. The van der Waals surface area contributed by atoms with E-state index >= 15 is 0 Å². The predicted octanol–water partition coefficient (Wildman–Crippen LogP) is 2.87.